The van der Waals surface area contributed by atoms with Gasteiger partial charge in [-0.15, -0.1) is 0 Å². The SMILES string of the molecule is CCC(NC(=O)c1ccc(Br)c(Cl)c1)C(C)C. The standard InChI is InChI=1S/C13H17BrClNO/c1-4-12(8(2)3)16-13(17)9-5-6-10(14)11(15)7-9/h5-8,12H,4H2,1-3H3,(H,16,17). The van der Waals surface area contributed by atoms with Crippen molar-refractivity contribution < 1.29 is 4.79 Å². The maximum atomic E-state index is 12.0. The monoisotopic (exact) mass is 317 g/mol. The molecular formula is C13H17BrClNO. The summed E-state index contributed by atoms with van der Waals surface area (Å²) in [5.41, 5.74) is 0.595. The number of halogens is 2. The average molecular weight is 319 g/mol. The Labute approximate surface area is 116 Å². The van der Waals surface area contributed by atoms with Crippen LogP contribution in [0.5, 0.6) is 0 Å². The van der Waals surface area contributed by atoms with Gasteiger partial charge in [0, 0.05) is 16.1 Å². The minimum Gasteiger partial charge on any atom is -0.349 e. The molecule has 4 heteroatoms. The van der Waals surface area contributed by atoms with E-state index in [-0.39, 0.29) is 11.9 Å². The lowest BCUT2D eigenvalue weighted by molar-refractivity contribution is 0.0924. The zero-order valence-electron chi connectivity index (χ0n) is 10.3. The molecule has 0 saturated carbocycles. The molecule has 0 saturated heterocycles. The summed E-state index contributed by atoms with van der Waals surface area (Å²) in [4.78, 5) is 12.0. The van der Waals surface area contributed by atoms with E-state index in [1.807, 2.05) is 0 Å². The molecule has 17 heavy (non-hydrogen) atoms. The minimum absolute atomic E-state index is 0.0695. The van der Waals surface area contributed by atoms with Crippen molar-refractivity contribution in [1.82, 2.24) is 5.32 Å². The highest BCUT2D eigenvalue weighted by Gasteiger charge is 2.15. The molecule has 1 aromatic rings. The van der Waals surface area contributed by atoms with E-state index in [2.05, 4.69) is 42.0 Å². The zero-order chi connectivity index (χ0) is 13.0. The molecule has 1 unspecified atom stereocenters. The molecule has 0 radical (unpaired) electrons. The van der Waals surface area contributed by atoms with Crippen molar-refractivity contribution in [3.8, 4) is 0 Å². The Morgan fingerprint density at radius 2 is 2.12 bits per heavy atom. The Bertz CT molecular complexity index is 406. The van der Waals surface area contributed by atoms with Gasteiger partial charge in [-0.25, -0.2) is 0 Å². The third-order valence-corrected chi connectivity index (χ3v) is 3.98. The molecule has 0 aromatic heterocycles. The first-order valence-corrected chi connectivity index (χ1v) is 6.88. The molecule has 1 atom stereocenters. The number of hydrogen-bond acceptors (Lipinski definition) is 1. The fraction of sp³-hybridized carbons (Fsp3) is 0.462. The van der Waals surface area contributed by atoms with Crippen LogP contribution in [0.25, 0.3) is 0 Å². The fourth-order valence-corrected chi connectivity index (χ4v) is 2.06. The van der Waals surface area contributed by atoms with Crippen molar-refractivity contribution >= 4 is 33.4 Å². The quantitative estimate of drug-likeness (QED) is 0.882. The molecule has 0 bridgehead atoms. The Hall–Kier alpha value is -0.540. The number of hydrogen-bond donors (Lipinski definition) is 1. The lowest BCUT2D eigenvalue weighted by atomic mass is 10.0. The molecular weight excluding hydrogens is 302 g/mol. The van der Waals surface area contributed by atoms with Crippen molar-refractivity contribution in [3.05, 3.63) is 33.3 Å². The van der Waals surface area contributed by atoms with Gasteiger partial charge in [0.2, 0.25) is 0 Å². The third-order valence-electron chi connectivity index (χ3n) is 2.74. The van der Waals surface area contributed by atoms with Crippen molar-refractivity contribution in [3.63, 3.8) is 0 Å². The van der Waals surface area contributed by atoms with E-state index in [1.54, 1.807) is 18.2 Å². The van der Waals surface area contributed by atoms with E-state index >= 15 is 0 Å². The van der Waals surface area contributed by atoms with E-state index in [4.69, 9.17) is 11.6 Å². The van der Waals surface area contributed by atoms with Gasteiger partial charge in [-0.3, -0.25) is 4.79 Å². The molecule has 1 aromatic carbocycles. The highest BCUT2D eigenvalue weighted by atomic mass is 79.9. The second kappa shape index (κ2) is 6.41. The van der Waals surface area contributed by atoms with Gasteiger partial charge in [-0.2, -0.15) is 0 Å². The normalized spacial score (nSPS) is 12.6. The largest absolute Gasteiger partial charge is 0.349 e. The summed E-state index contributed by atoms with van der Waals surface area (Å²) in [6.45, 7) is 6.27. The number of carbonyl (C=O) groups is 1. The molecule has 0 heterocycles. The number of amides is 1. The second-order valence-electron chi connectivity index (χ2n) is 4.36. The summed E-state index contributed by atoms with van der Waals surface area (Å²) in [6, 6.07) is 5.42. The van der Waals surface area contributed by atoms with Crippen LogP contribution in [0.3, 0.4) is 0 Å². The van der Waals surface area contributed by atoms with Gasteiger partial charge in [0.1, 0.15) is 0 Å². The Kier molecular flexibility index (Phi) is 5.47. The van der Waals surface area contributed by atoms with Crippen molar-refractivity contribution in [2.45, 2.75) is 33.2 Å². The summed E-state index contributed by atoms with van der Waals surface area (Å²) in [5.74, 6) is 0.356. The Morgan fingerprint density at radius 1 is 1.47 bits per heavy atom. The van der Waals surface area contributed by atoms with Crippen LogP contribution in [0.15, 0.2) is 22.7 Å². The van der Waals surface area contributed by atoms with Crippen molar-refractivity contribution in [2.24, 2.45) is 5.92 Å². The highest BCUT2D eigenvalue weighted by Crippen LogP contribution is 2.23. The molecule has 2 nitrogen and oxygen atoms in total. The predicted molar refractivity (Wildman–Crippen MR) is 75.5 cm³/mol. The van der Waals surface area contributed by atoms with Gasteiger partial charge in [-0.1, -0.05) is 32.4 Å². The van der Waals surface area contributed by atoms with Crippen LogP contribution in [-0.2, 0) is 0 Å². The van der Waals surface area contributed by atoms with Crippen molar-refractivity contribution in [2.75, 3.05) is 0 Å². The number of carbonyl (C=O) groups excluding carboxylic acids is 1. The van der Waals surface area contributed by atoms with E-state index in [9.17, 15) is 4.79 Å². The molecule has 0 aliphatic carbocycles. The molecule has 1 rings (SSSR count). The summed E-state index contributed by atoms with van der Waals surface area (Å²) >= 11 is 9.27. The van der Waals surface area contributed by atoms with Gasteiger partial charge in [0.25, 0.3) is 5.91 Å². The smallest absolute Gasteiger partial charge is 0.251 e. The van der Waals surface area contributed by atoms with Crippen LogP contribution >= 0.6 is 27.5 Å². The summed E-state index contributed by atoms with van der Waals surface area (Å²) in [7, 11) is 0. The van der Waals surface area contributed by atoms with Crippen molar-refractivity contribution in [1.29, 1.82) is 0 Å². The van der Waals surface area contributed by atoms with Crippen LogP contribution in [-0.4, -0.2) is 11.9 Å². The van der Waals surface area contributed by atoms with E-state index in [1.165, 1.54) is 0 Å². The van der Waals surface area contributed by atoms with Crippen LogP contribution in [0.2, 0.25) is 5.02 Å². The summed E-state index contributed by atoms with van der Waals surface area (Å²) < 4.78 is 0.798. The van der Waals surface area contributed by atoms with Gasteiger partial charge >= 0.3 is 0 Å². The second-order valence-corrected chi connectivity index (χ2v) is 5.62. The third kappa shape index (κ3) is 4.00. The minimum atomic E-state index is -0.0695. The predicted octanol–water partition coefficient (Wildman–Crippen LogP) is 4.27. The topological polar surface area (TPSA) is 29.1 Å². The molecule has 1 amide bonds. The maximum absolute atomic E-state index is 12.0. The first kappa shape index (κ1) is 14.5. The molecule has 94 valence electrons. The average Bonchev–Trinajstić information content (AvgIpc) is 2.28. The van der Waals surface area contributed by atoms with Crippen LogP contribution in [0, 0.1) is 5.92 Å². The summed E-state index contributed by atoms with van der Waals surface area (Å²) in [5, 5.41) is 3.57. The number of benzene rings is 1. The zero-order valence-corrected chi connectivity index (χ0v) is 12.6. The van der Waals surface area contributed by atoms with Gasteiger partial charge in [0.05, 0.1) is 5.02 Å². The van der Waals surface area contributed by atoms with Gasteiger partial charge < -0.3 is 5.32 Å². The Balaban J connectivity index is 2.79. The van der Waals surface area contributed by atoms with E-state index < -0.39 is 0 Å². The number of nitrogens with one attached hydrogen (secondary N) is 1. The molecule has 0 fully saturated rings. The summed E-state index contributed by atoms with van der Waals surface area (Å²) in [6.07, 6.45) is 0.924. The van der Waals surface area contributed by atoms with Gasteiger partial charge in [0.15, 0.2) is 0 Å². The first-order valence-electron chi connectivity index (χ1n) is 5.71. The molecule has 0 spiro atoms. The van der Waals surface area contributed by atoms with E-state index in [0.29, 0.717) is 16.5 Å². The highest BCUT2D eigenvalue weighted by molar-refractivity contribution is 9.10. The number of rotatable bonds is 4. The van der Waals surface area contributed by atoms with Crippen LogP contribution in [0.4, 0.5) is 0 Å². The first-order chi connectivity index (χ1) is 7.95. The molecule has 0 aliphatic rings. The fourth-order valence-electron chi connectivity index (χ4n) is 1.63. The van der Waals surface area contributed by atoms with E-state index in [0.717, 1.165) is 10.9 Å². The van der Waals surface area contributed by atoms with Gasteiger partial charge in [-0.05, 0) is 46.5 Å². The lowest BCUT2D eigenvalue weighted by Crippen LogP contribution is -2.37. The molecule has 0 aliphatic heterocycles. The maximum Gasteiger partial charge on any atom is 0.251 e. The lowest BCUT2D eigenvalue weighted by Gasteiger charge is -2.20. The molecule has 1 N–H and O–H groups in total. The van der Waals surface area contributed by atoms with Crippen LogP contribution < -0.4 is 5.32 Å². The van der Waals surface area contributed by atoms with Crippen LogP contribution in [0.1, 0.15) is 37.6 Å². The Morgan fingerprint density at radius 3 is 2.59 bits per heavy atom.